The van der Waals surface area contributed by atoms with Gasteiger partial charge in [0, 0.05) is 10.9 Å². The molecule has 0 aliphatic heterocycles. The maximum atomic E-state index is 9.32. The SMILES string of the molecule is Oc1ccc(-c2nnc(COc3cccc4ccccc34)o2)cc1. The smallest absolute Gasteiger partial charge is 0.254 e. The predicted octanol–water partition coefficient (Wildman–Crippen LogP) is 4.17. The van der Waals surface area contributed by atoms with Gasteiger partial charge in [-0.05, 0) is 35.7 Å². The van der Waals surface area contributed by atoms with E-state index in [0.717, 1.165) is 22.1 Å². The Morgan fingerprint density at radius 3 is 2.54 bits per heavy atom. The molecule has 5 nitrogen and oxygen atoms in total. The zero-order chi connectivity index (χ0) is 16.4. The molecular weight excluding hydrogens is 304 g/mol. The zero-order valence-electron chi connectivity index (χ0n) is 12.7. The summed E-state index contributed by atoms with van der Waals surface area (Å²) >= 11 is 0. The normalized spacial score (nSPS) is 10.8. The minimum absolute atomic E-state index is 0.192. The fraction of sp³-hybridized carbons (Fsp3) is 0.0526. The quantitative estimate of drug-likeness (QED) is 0.611. The average Bonchev–Trinajstić information content (AvgIpc) is 3.09. The van der Waals surface area contributed by atoms with E-state index in [1.54, 1.807) is 24.3 Å². The Balaban J connectivity index is 1.53. The summed E-state index contributed by atoms with van der Waals surface area (Å²) in [6.07, 6.45) is 0. The molecule has 1 N–H and O–H groups in total. The van der Waals surface area contributed by atoms with E-state index < -0.39 is 0 Å². The first-order valence-electron chi connectivity index (χ1n) is 7.52. The third-order valence-corrected chi connectivity index (χ3v) is 3.68. The summed E-state index contributed by atoms with van der Waals surface area (Å²) in [5, 5.41) is 19.5. The van der Waals surface area contributed by atoms with Crippen molar-refractivity contribution in [1.29, 1.82) is 0 Å². The molecule has 24 heavy (non-hydrogen) atoms. The minimum atomic E-state index is 0.192. The van der Waals surface area contributed by atoms with Crippen LogP contribution in [0.15, 0.2) is 71.1 Å². The number of phenols is 1. The Kier molecular flexibility index (Phi) is 3.59. The second-order valence-corrected chi connectivity index (χ2v) is 5.31. The molecule has 0 saturated carbocycles. The molecule has 0 aliphatic rings. The molecule has 1 aromatic heterocycles. The molecule has 0 saturated heterocycles. The number of aromatic hydroxyl groups is 1. The van der Waals surface area contributed by atoms with E-state index in [-0.39, 0.29) is 12.4 Å². The number of hydrogen-bond acceptors (Lipinski definition) is 5. The summed E-state index contributed by atoms with van der Waals surface area (Å²) < 4.78 is 11.5. The molecule has 4 aromatic rings. The van der Waals surface area contributed by atoms with Crippen LogP contribution in [0.2, 0.25) is 0 Å². The Hall–Kier alpha value is -3.34. The Morgan fingerprint density at radius 1 is 0.875 bits per heavy atom. The third kappa shape index (κ3) is 2.79. The lowest BCUT2D eigenvalue weighted by Crippen LogP contribution is -1.96. The van der Waals surface area contributed by atoms with Gasteiger partial charge < -0.3 is 14.3 Å². The van der Waals surface area contributed by atoms with Crippen LogP contribution < -0.4 is 4.74 Å². The van der Waals surface area contributed by atoms with E-state index in [9.17, 15) is 5.11 Å². The number of hydrogen-bond donors (Lipinski definition) is 1. The van der Waals surface area contributed by atoms with Crippen LogP contribution in [0.4, 0.5) is 0 Å². The van der Waals surface area contributed by atoms with Gasteiger partial charge in [0.1, 0.15) is 11.5 Å². The molecule has 4 rings (SSSR count). The summed E-state index contributed by atoms with van der Waals surface area (Å²) in [4.78, 5) is 0. The largest absolute Gasteiger partial charge is 0.508 e. The number of nitrogens with zero attached hydrogens (tertiary/aromatic N) is 2. The van der Waals surface area contributed by atoms with Gasteiger partial charge in [0.2, 0.25) is 5.89 Å². The van der Waals surface area contributed by atoms with E-state index in [1.165, 1.54) is 0 Å². The first-order chi connectivity index (χ1) is 11.8. The molecule has 118 valence electrons. The summed E-state index contributed by atoms with van der Waals surface area (Å²) in [6.45, 7) is 0.194. The molecule has 1 heterocycles. The summed E-state index contributed by atoms with van der Waals surface area (Å²) in [7, 11) is 0. The van der Waals surface area contributed by atoms with Crippen molar-refractivity contribution in [3.05, 3.63) is 72.6 Å². The second kappa shape index (κ2) is 6.04. The van der Waals surface area contributed by atoms with E-state index in [4.69, 9.17) is 9.15 Å². The van der Waals surface area contributed by atoms with Crippen molar-refractivity contribution in [2.75, 3.05) is 0 Å². The molecule has 0 aliphatic carbocycles. The number of aromatic nitrogens is 2. The van der Waals surface area contributed by atoms with Crippen LogP contribution in [0, 0.1) is 0 Å². The molecule has 0 fully saturated rings. The minimum Gasteiger partial charge on any atom is -0.508 e. The highest BCUT2D eigenvalue weighted by atomic mass is 16.5. The molecule has 0 radical (unpaired) electrons. The second-order valence-electron chi connectivity index (χ2n) is 5.31. The van der Waals surface area contributed by atoms with Gasteiger partial charge in [0.05, 0.1) is 0 Å². The predicted molar refractivity (Wildman–Crippen MR) is 89.7 cm³/mol. The summed E-state index contributed by atoms with van der Waals surface area (Å²) in [5.41, 5.74) is 0.747. The Morgan fingerprint density at radius 2 is 1.67 bits per heavy atom. The molecule has 3 aromatic carbocycles. The monoisotopic (exact) mass is 318 g/mol. The van der Waals surface area contributed by atoms with Crippen LogP contribution >= 0.6 is 0 Å². The number of ether oxygens (including phenoxy) is 1. The van der Waals surface area contributed by atoms with Crippen molar-refractivity contribution in [2.45, 2.75) is 6.61 Å². The molecule has 0 bridgehead atoms. The number of benzene rings is 3. The van der Waals surface area contributed by atoms with Crippen molar-refractivity contribution in [2.24, 2.45) is 0 Å². The maximum absolute atomic E-state index is 9.32. The highest BCUT2D eigenvalue weighted by Gasteiger charge is 2.10. The molecule has 0 amide bonds. The Labute approximate surface area is 138 Å². The van der Waals surface area contributed by atoms with Crippen molar-refractivity contribution < 1.29 is 14.3 Å². The zero-order valence-corrected chi connectivity index (χ0v) is 12.7. The molecule has 0 atom stereocenters. The van der Waals surface area contributed by atoms with E-state index in [0.29, 0.717) is 11.8 Å². The first kappa shape index (κ1) is 14.3. The fourth-order valence-corrected chi connectivity index (χ4v) is 2.49. The standard InChI is InChI=1S/C19H14N2O3/c22-15-10-8-14(9-11-15)19-21-20-18(24-19)12-23-17-7-3-5-13-4-1-2-6-16(13)17/h1-11,22H,12H2. The summed E-state index contributed by atoms with van der Waals surface area (Å²) in [5.74, 6) is 1.76. The average molecular weight is 318 g/mol. The van der Waals surface area contributed by atoms with E-state index in [2.05, 4.69) is 10.2 Å². The van der Waals surface area contributed by atoms with Crippen LogP contribution in [-0.2, 0) is 6.61 Å². The van der Waals surface area contributed by atoms with Crippen molar-refractivity contribution in [3.63, 3.8) is 0 Å². The lowest BCUT2D eigenvalue weighted by atomic mass is 10.1. The number of fused-ring (bicyclic) bond motifs is 1. The lowest BCUT2D eigenvalue weighted by Gasteiger charge is -2.07. The topological polar surface area (TPSA) is 68.4 Å². The van der Waals surface area contributed by atoms with Crippen LogP contribution in [0.3, 0.4) is 0 Å². The first-order valence-corrected chi connectivity index (χ1v) is 7.52. The van der Waals surface area contributed by atoms with Gasteiger partial charge in [0.25, 0.3) is 5.89 Å². The third-order valence-electron chi connectivity index (χ3n) is 3.68. The highest BCUT2D eigenvalue weighted by Crippen LogP contribution is 2.26. The number of phenolic OH excluding ortho intramolecular Hbond substituents is 1. The van der Waals surface area contributed by atoms with Crippen molar-refractivity contribution in [3.8, 4) is 23.0 Å². The van der Waals surface area contributed by atoms with Gasteiger partial charge in [-0.15, -0.1) is 10.2 Å². The van der Waals surface area contributed by atoms with Crippen molar-refractivity contribution in [1.82, 2.24) is 10.2 Å². The summed E-state index contributed by atoms with van der Waals surface area (Å²) in [6, 6.07) is 20.5. The van der Waals surface area contributed by atoms with Gasteiger partial charge in [-0.3, -0.25) is 0 Å². The van der Waals surface area contributed by atoms with Gasteiger partial charge >= 0.3 is 0 Å². The van der Waals surface area contributed by atoms with Gasteiger partial charge in [-0.2, -0.15) is 0 Å². The molecule has 0 unspecified atom stereocenters. The highest BCUT2D eigenvalue weighted by molar-refractivity contribution is 5.88. The number of rotatable bonds is 4. The maximum Gasteiger partial charge on any atom is 0.254 e. The van der Waals surface area contributed by atoms with Crippen LogP contribution in [0.5, 0.6) is 11.5 Å². The lowest BCUT2D eigenvalue weighted by molar-refractivity contribution is 0.267. The van der Waals surface area contributed by atoms with Crippen LogP contribution in [-0.4, -0.2) is 15.3 Å². The van der Waals surface area contributed by atoms with Crippen LogP contribution in [0.1, 0.15) is 5.89 Å². The Bertz CT molecular complexity index is 972. The van der Waals surface area contributed by atoms with E-state index >= 15 is 0 Å². The van der Waals surface area contributed by atoms with E-state index in [1.807, 2.05) is 42.5 Å². The van der Waals surface area contributed by atoms with Crippen molar-refractivity contribution >= 4 is 10.8 Å². The fourth-order valence-electron chi connectivity index (χ4n) is 2.49. The molecule has 0 spiro atoms. The van der Waals surface area contributed by atoms with Gasteiger partial charge in [0.15, 0.2) is 6.61 Å². The molecule has 5 heteroatoms. The van der Waals surface area contributed by atoms with Gasteiger partial charge in [-0.1, -0.05) is 36.4 Å². The van der Waals surface area contributed by atoms with Crippen LogP contribution in [0.25, 0.3) is 22.2 Å². The molecular formula is C19H14N2O3. The van der Waals surface area contributed by atoms with Gasteiger partial charge in [-0.25, -0.2) is 0 Å².